The molecule has 0 atom stereocenters. The van der Waals surface area contributed by atoms with Crippen LogP contribution in [-0.4, -0.2) is 45.5 Å². The van der Waals surface area contributed by atoms with Crippen LogP contribution in [0.2, 0.25) is 0 Å². The van der Waals surface area contributed by atoms with Crippen molar-refractivity contribution in [1.29, 1.82) is 0 Å². The number of aromatic nitrogens is 3. The number of benzene rings is 2. The molecule has 1 saturated carbocycles. The summed E-state index contributed by atoms with van der Waals surface area (Å²) < 4.78 is 15.1. The van der Waals surface area contributed by atoms with Gasteiger partial charge >= 0.3 is 0 Å². The zero-order valence-corrected chi connectivity index (χ0v) is 20.6. The number of nitrogens with zero attached hydrogens (tertiary/aromatic N) is 3. The van der Waals surface area contributed by atoms with E-state index < -0.39 is 5.54 Å². The minimum absolute atomic E-state index is 0.164. The molecule has 2 aromatic carbocycles. The van der Waals surface area contributed by atoms with Crippen molar-refractivity contribution in [3.05, 3.63) is 92.6 Å². The van der Waals surface area contributed by atoms with Crippen LogP contribution in [-0.2, 0) is 5.54 Å². The number of aryl methyl sites for hydroxylation is 2. The van der Waals surface area contributed by atoms with Gasteiger partial charge in [-0.1, -0.05) is 24.3 Å². The maximum Gasteiger partial charge on any atom is 0.275 e. The second-order valence-corrected chi connectivity index (χ2v) is 10.3. The Labute approximate surface area is 208 Å². The third kappa shape index (κ3) is 3.73. The predicted molar refractivity (Wildman–Crippen MR) is 136 cm³/mol. The van der Waals surface area contributed by atoms with Gasteiger partial charge in [-0.05, 0) is 74.5 Å². The number of carbonyl (C=O) groups is 1. The van der Waals surface area contributed by atoms with Crippen LogP contribution in [0.5, 0.6) is 0 Å². The van der Waals surface area contributed by atoms with E-state index in [4.69, 9.17) is 5.10 Å². The van der Waals surface area contributed by atoms with Crippen LogP contribution in [0.25, 0.3) is 16.9 Å². The Morgan fingerprint density at radius 2 is 1.83 bits per heavy atom. The minimum Gasteiger partial charge on any atom is -0.340 e. The lowest BCUT2D eigenvalue weighted by molar-refractivity contribution is 0.0511. The van der Waals surface area contributed by atoms with Gasteiger partial charge in [0.25, 0.3) is 11.5 Å². The maximum atomic E-state index is 13.7. The molecule has 3 heterocycles. The van der Waals surface area contributed by atoms with Crippen molar-refractivity contribution in [2.24, 2.45) is 0 Å². The molecule has 6 rings (SSSR count). The van der Waals surface area contributed by atoms with Crippen molar-refractivity contribution < 1.29 is 9.18 Å². The van der Waals surface area contributed by atoms with Gasteiger partial charge in [0.2, 0.25) is 0 Å². The SMILES string of the molecule is Cc1ccc(-c2nn3cc(C(=O)NC4(c5ccc(F)cc5)CN(C)C4)c(C4CC4)c3c(=O)[nH]2)cc1C. The summed E-state index contributed by atoms with van der Waals surface area (Å²) in [5, 5.41) is 7.91. The lowest BCUT2D eigenvalue weighted by Crippen LogP contribution is -2.66. The molecule has 1 saturated heterocycles. The van der Waals surface area contributed by atoms with Gasteiger partial charge in [-0.2, -0.15) is 0 Å². The van der Waals surface area contributed by atoms with Crippen molar-refractivity contribution in [1.82, 2.24) is 24.8 Å². The molecule has 0 bridgehead atoms. The third-order valence-electron chi connectivity index (χ3n) is 7.52. The van der Waals surface area contributed by atoms with Crippen LogP contribution in [0.4, 0.5) is 4.39 Å². The topological polar surface area (TPSA) is 82.5 Å². The van der Waals surface area contributed by atoms with Crippen LogP contribution in [0, 0.1) is 19.7 Å². The van der Waals surface area contributed by atoms with Crippen LogP contribution in [0.15, 0.2) is 53.5 Å². The number of likely N-dealkylation sites (N-methyl/N-ethyl adjacent to an activating group) is 1. The Balaban J connectivity index is 1.42. The molecule has 1 aliphatic heterocycles. The normalized spacial score (nSPS) is 17.2. The van der Waals surface area contributed by atoms with Crippen molar-refractivity contribution in [2.45, 2.75) is 38.1 Å². The number of hydrogen-bond donors (Lipinski definition) is 2. The largest absolute Gasteiger partial charge is 0.340 e. The van der Waals surface area contributed by atoms with Gasteiger partial charge in [-0.15, -0.1) is 5.10 Å². The number of amides is 1. The average molecular weight is 486 g/mol. The highest BCUT2D eigenvalue weighted by Crippen LogP contribution is 2.44. The number of likely N-dealkylation sites (tertiary alicyclic amines) is 1. The second kappa shape index (κ2) is 8.13. The van der Waals surface area contributed by atoms with Gasteiger partial charge in [0.15, 0.2) is 5.82 Å². The molecule has 4 aromatic rings. The number of hydrogen-bond acceptors (Lipinski definition) is 4. The lowest BCUT2D eigenvalue weighted by Gasteiger charge is -2.49. The highest BCUT2D eigenvalue weighted by Gasteiger charge is 2.45. The number of halogens is 1. The maximum absolute atomic E-state index is 13.7. The standard InChI is InChI=1S/C28H28FN5O2/c1-16-4-5-19(12-17(16)2)25-30-27(36)24-23(18-6-7-18)22(13-34(24)32-25)26(35)31-28(14-33(3)15-28)20-8-10-21(29)11-9-20/h4-5,8-13,18H,6-7,14-15H2,1-3H3,(H,31,35)(H,30,32,36). The second-order valence-electron chi connectivity index (χ2n) is 10.3. The summed E-state index contributed by atoms with van der Waals surface area (Å²) in [6.07, 6.45) is 3.55. The van der Waals surface area contributed by atoms with Crippen molar-refractivity contribution in [3.8, 4) is 11.4 Å². The fourth-order valence-electron chi connectivity index (χ4n) is 5.36. The fourth-order valence-corrected chi connectivity index (χ4v) is 5.36. The van der Waals surface area contributed by atoms with Crippen LogP contribution in [0.1, 0.15) is 51.4 Å². The van der Waals surface area contributed by atoms with Gasteiger partial charge in [0.1, 0.15) is 11.3 Å². The highest BCUT2D eigenvalue weighted by atomic mass is 19.1. The number of aromatic amines is 1. The molecular weight excluding hydrogens is 457 g/mol. The van der Waals surface area contributed by atoms with Gasteiger partial charge in [0.05, 0.1) is 11.1 Å². The zero-order chi connectivity index (χ0) is 25.2. The highest BCUT2D eigenvalue weighted by molar-refractivity contribution is 5.99. The zero-order valence-electron chi connectivity index (χ0n) is 20.6. The first-order valence-corrected chi connectivity index (χ1v) is 12.2. The Bertz CT molecular complexity index is 1560. The molecule has 1 aliphatic carbocycles. The summed E-state index contributed by atoms with van der Waals surface area (Å²) in [5.74, 6) is 0.0692. The first-order chi connectivity index (χ1) is 17.2. The summed E-state index contributed by atoms with van der Waals surface area (Å²) >= 11 is 0. The molecule has 8 heteroatoms. The fraction of sp³-hybridized carbons (Fsp3) is 0.321. The molecule has 2 fully saturated rings. The molecule has 2 N–H and O–H groups in total. The van der Waals surface area contributed by atoms with E-state index in [1.807, 2.05) is 39.1 Å². The minimum atomic E-state index is -0.612. The van der Waals surface area contributed by atoms with Crippen molar-refractivity contribution in [2.75, 3.05) is 20.1 Å². The predicted octanol–water partition coefficient (Wildman–Crippen LogP) is 3.89. The van der Waals surface area contributed by atoms with E-state index in [1.54, 1.807) is 22.8 Å². The van der Waals surface area contributed by atoms with E-state index in [1.165, 1.54) is 12.1 Å². The van der Waals surface area contributed by atoms with Gasteiger partial charge in [-0.25, -0.2) is 8.91 Å². The van der Waals surface area contributed by atoms with Gasteiger partial charge in [-0.3, -0.25) is 9.59 Å². The third-order valence-corrected chi connectivity index (χ3v) is 7.52. The first-order valence-electron chi connectivity index (χ1n) is 12.2. The number of nitrogens with one attached hydrogen (secondary N) is 2. The first kappa shape index (κ1) is 22.7. The van der Waals surface area contributed by atoms with Gasteiger partial charge in [0, 0.05) is 30.4 Å². The van der Waals surface area contributed by atoms with E-state index in [0.717, 1.165) is 40.7 Å². The number of H-pyrrole nitrogens is 1. The molecule has 0 unspecified atom stereocenters. The molecule has 0 spiro atoms. The Morgan fingerprint density at radius 1 is 1.11 bits per heavy atom. The van der Waals surface area contributed by atoms with Crippen LogP contribution in [0.3, 0.4) is 0 Å². The number of carbonyl (C=O) groups excluding carboxylic acids is 1. The molecule has 1 amide bonds. The summed E-state index contributed by atoms with van der Waals surface area (Å²) in [7, 11) is 1.98. The Morgan fingerprint density at radius 3 is 2.47 bits per heavy atom. The molecule has 2 aliphatic rings. The number of fused-ring (bicyclic) bond motifs is 1. The smallest absolute Gasteiger partial charge is 0.275 e. The summed E-state index contributed by atoms with van der Waals surface area (Å²) in [5.41, 5.74) is 4.75. The molecule has 7 nitrogen and oxygen atoms in total. The van der Waals surface area contributed by atoms with Crippen LogP contribution >= 0.6 is 0 Å². The van der Waals surface area contributed by atoms with E-state index in [-0.39, 0.29) is 23.2 Å². The molecule has 184 valence electrons. The van der Waals surface area contributed by atoms with Crippen molar-refractivity contribution >= 4 is 11.4 Å². The van der Waals surface area contributed by atoms with E-state index in [9.17, 15) is 14.0 Å². The van der Waals surface area contributed by atoms with Gasteiger partial charge < -0.3 is 15.2 Å². The van der Waals surface area contributed by atoms with Crippen molar-refractivity contribution in [3.63, 3.8) is 0 Å². The molecule has 2 aromatic heterocycles. The lowest BCUT2D eigenvalue weighted by atomic mass is 9.82. The average Bonchev–Trinajstić information content (AvgIpc) is 3.59. The quantitative estimate of drug-likeness (QED) is 0.449. The van der Waals surface area contributed by atoms with Crippen LogP contribution < -0.4 is 10.9 Å². The molecular formula is C28H28FN5O2. The monoisotopic (exact) mass is 485 g/mol. The number of rotatable bonds is 5. The van der Waals surface area contributed by atoms with E-state index in [0.29, 0.717) is 30.0 Å². The summed E-state index contributed by atoms with van der Waals surface area (Å²) in [6, 6.07) is 12.2. The van der Waals surface area contributed by atoms with E-state index >= 15 is 0 Å². The Kier molecular flexibility index (Phi) is 5.12. The van der Waals surface area contributed by atoms with E-state index in [2.05, 4.69) is 15.2 Å². The molecule has 36 heavy (non-hydrogen) atoms. The molecule has 0 radical (unpaired) electrons. The Hall–Kier alpha value is -3.78. The summed E-state index contributed by atoms with van der Waals surface area (Å²) in [4.78, 5) is 32.0. The summed E-state index contributed by atoms with van der Waals surface area (Å²) in [6.45, 7) is 5.29.